The summed E-state index contributed by atoms with van der Waals surface area (Å²) in [5.74, 6) is -0.0269. The van der Waals surface area contributed by atoms with Crippen molar-refractivity contribution in [3.05, 3.63) is 0 Å². The predicted octanol–water partition coefficient (Wildman–Crippen LogP) is -0.348. The van der Waals surface area contributed by atoms with E-state index in [0.717, 1.165) is 12.8 Å². The Hall–Kier alpha value is -1.64. The first kappa shape index (κ1) is 11.5. The Morgan fingerprint density at radius 1 is 1.50 bits per heavy atom. The van der Waals surface area contributed by atoms with Crippen molar-refractivity contribution in [2.45, 2.75) is 24.0 Å². The van der Waals surface area contributed by atoms with Crippen molar-refractivity contribution >= 4 is 23.7 Å². The van der Waals surface area contributed by atoms with E-state index in [-0.39, 0.29) is 17.7 Å². The van der Waals surface area contributed by atoms with E-state index in [2.05, 4.69) is 20.8 Å². The van der Waals surface area contributed by atoms with Crippen LogP contribution >= 0.6 is 11.8 Å². The molecule has 3 amide bonds. The lowest BCUT2D eigenvalue weighted by Gasteiger charge is -2.11. The molecule has 8 nitrogen and oxygen atoms in total. The van der Waals surface area contributed by atoms with Crippen LogP contribution in [0.3, 0.4) is 0 Å². The van der Waals surface area contributed by atoms with E-state index in [4.69, 9.17) is 0 Å². The van der Waals surface area contributed by atoms with Gasteiger partial charge < -0.3 is 5.32 Å². The number of aromatic nitrogens is 4. The molecular weight excluding hydrogens is 256 g/mol. The van der Waals surface area contributed by atoms with Crippen LogP contribution in [0, 0.1) is 0 Å². The predicted molar refractivity (Wildman–Crippen MR) is 61.9 cm³/mol. The molecule has 0 bridgehead atoms. The topological polar surface area (TPSA) is 93.0 Å². The summed E-state index contributed by atoms with van der Waals surface area (Å²) in [4.78, 5) is 24.3. The fourth-order valence-electron chi connectivity index (χ4n) is 1.74. The maximum absolute atomic E-state index is 11.8. The summed E-state index contributed by atoms with van der Waals surface area (Å²) in [7, 11) is 0. The summed E-state index contributed by atoms with van der Waals surface area (Å²) in [6.45, 7) is 0.959. The van der Waals surface area contributed by atoms with E-state index in [9.17, 15) is 9.59 Å². The first-order valence-corrected chi connectivity index (χ1v) is 6.73. The van der Waals surface area contributed by atoms with Crippen LogP contribution in [0.4, 0.5) is 4.79 Å². The quantitative estimate of drug-likeness (QED) is 0.750. The first-order chi connectivity index (χ1) is 8.75. The van der Waals surface area contributed by atoms with Gasteiger partial charge in [-0.15, -0.1) is 5.10 Å². The van der Waals surface area contributed by atoms with Crippen LogP contribution in [0.5, 0.6) is 0 Å². The van der Waals surface area contributed by atoms with Crippen molar-refractivity contribution in [1.82, 2.24) is 30.4 Å². The Morgan fingerprint density at radius 3 is 3.00 bits per heavy atom. The normalized spacial score (nSPS) is 19.1. The third kappa shape index (κ3) is 2.17. The molecular formula is C9H12N6O2S. The molecule has 1 aromatic heterocycles. The molecule has 1 aromatic rings. The van der Waals surface area contributed by atoms with Crippen molar-refractivity contribution < 1.29 is 9.59 Å². The third-order valence-corrected chi connectivity index (χ3v) is 3.76. The number of hydrogen-bond acceptors (Lipinski definition) is 6. The molecule has 2 aliphatic rings. The molecule has 1 aliphatic carbocycles. The number of tetrazole rings is 1. The summed E-state index contributed by atoms with van der Waals surface area (Å²) in [5, 5.41) is 14.6. The average molecular weight is 268 g/mol. The van der Waals surface area contributed by atoms with E-state index >= 15 is 0 Å². The van der Waals surface area contributed by atoms with Gasteiger partial charge in [0.05, 0.1) is 11.8 Å². The number of amides is 3. The maximum Gasteiger partial charge on any atom is 0.324 e. The van der Waals surface area contributed by atoms with E-state index in [1.807, 2.05) is 0 Å². The number of imide groups is 1. The van der Waals surface area contributed by atoms with Gasteiger partial charge in [0.15, 0.2) is 0 Å². The molecule has 0 aromatic carbocycles. The van der Waals surface area contributed by atoms with Gasteiger partial charge >= 0.3 is 6.03 Å². The molecule has 0 unspecified atom stereocenters. The van der Waals surface area contributed by atoms with Gasteiger partial charge in [0.25, 0.3) is 0 Å². The van der Waals surface area contributed by atoms with Crippen LogP contribution < -0.4 is 5.32 Å². The summed E-state index contributed by atoms with van der Waals surface area (Å²) in [5.41, 5.74) is 0. The van der Waals surface area contributed by atoms with Crippen molar-refractivity contribution in [2.75, 3.05) is 18.8 Å². The minimum Gasteiger partial charge on any atom is -0.336 e. The van der Waals surface area contributed by atoms with Crippen molar-refractivity contribution in [3.8, 4) is 0 Å². The molecule has 9 heteroatoms. The smallest absolute Gasteiger partial charge is 0.324 e. The lowest BCUT2D eigenvalue weighted by atomic mass is 10.5. The maximum atomic E-state index is 11.8. The molecule has 0 spiro atoms. The lowest BCUT2D eigenvalue weighted by Crippen LogP contribution is -2.35. The Bertz CT molecular complexity index is 485. The van der Waals surface area contributed by atoms with Crippen LogP contribution in [0.2, 0.25) is 0 Å². The summed E-state index contributed by atoms with van der Waals surface area (Å²) in [6, 6.07) is 0.0649. The number of nitrogens with zero attached hydrogens (tertiary/aromatic N) is 5. The standard InChI is InChI=1S/C9H12N6O2S/c16-7(14-4-3-10-8(14)17)5-18-9-11-12-13-15(9)6-1-2-6/h6H,1-5H2,(H,10,17). The number of thioether (sulfide) groups is 1. The number of urea groups is 1. The Morgan fingerprint density at radius 2 is 2.33 bits per heavy atom. The molecule has 3 rings (SSSR count). The number of rotatable bonds is 4. The molecule has 1 saturated carbocycles. The molecule has 1 saturated heterocycles. The van der Waals surface area contributed by atoms with Gasteiger partial charge in [0, 0.05) is 13.1 Å². The van der Waals surface area contributed by atoms with Crippen LogP contribution in [0.15, 0.2) is 5.16 Å². The average Bonchev–Trinajstić information content (AvgIpc) is 2.94. The van der Waals surface area contributed by atoms with Gasteiger partial charge in [-0.05, 0) is 23.3 Å². The molecule has 1 N–H and O–H groups in total. The highest BCUT2D eigenvalue weighted by Gasteiger charge is 2.29. The Kier molecular flexibility index (Phi) is 2.90. The minimum absolute atomic E-state index is 0.181. The highest BCUT2D eigenvalue weighted by atomic mass is 32.2. The SMILES string of the molecule is O=C(CSc1nnnn1C1CC1)N1CCNC1=O. The zero-order valence-corrected chi connectivity index (χ0v) is 10.4. The summed E-state index contributed by atoms with van der Waals surface area (Å²) in [6.07, 6.45) is 2.17. The van der Waals surface area contributed by atoms with Crippen molar-refractivity contribution in [2.24, 2.45) is 0 Å². The van der Waals surface area contributed by atoms with Crippen LogP contribution in [-0.2, 0) is 4.79 Å². The highest BCUT2D eigenvalue weighted by Crippen LogP contribution is 2.36. The van der Waals surface area contributed by atoms with Crippen molar-refractivity contribution in [3.63, 3.8) is 0 Å². The zero-order valence-electron chi connectivity index (χ0n) is 9.57. The largest absolute Gasteiger partial charge is 0.336 e. The van der Waals surface area contributed by atoms with E-state index in [0.29, 0.717) is 24.3 Å². The number of carbonyl (C=O) groups excluding carboxylic acids is 2. The molecule has 96 valence electrons. The fourth-order valence-corrected chi connectivity index (χ4v) is 2.56. The summed E-state index contributed by atoms with van der Waals surface area (Å²) < 4.78 is 1.75. The fraction of sp³-hybridized carbons (Fsp3) is 0.667. The van der Waals surface area contributed by atoms with Gasteiger partial charge in [-0.1, -0.05) is 11.8 Å². The van der Waals surface area contributed by atoms with Gasteiger partial charge in [0.2, 0.25) is 11.1 Å². The molecule has 0 radical (unpaired) electrons. The van der Waals surface area contributed by atoms with Gasteiger partial charge in [0.1, 0.15) is 0 Å². The first-order valence-electron chi connectivity index (χ1n) is 5.74. The second-order valence-electron chi connectivity index (χ2n) is 4.20. The van der Waals surface area contributed by atoms with Gasteiger partial charge in [-0.3, -0.25) is 9.69 Å². The third-order valence-electron chi connectivity index (χ3n) is 2.84. The van der Waals surface area contributed by atoms with E-state index in [1.165, 1.54) is 16.7 Å². The number of hydrogen-bond donors (Lipinski definition) is 1. The molecule has 0 atom stereocenters. The van der Waals surface area contributed by atoms with E-state index in [1.54, 1.807) is 4.68 Å². The van der Waals surface area contributed by atoms with Crippen LogP contribution in [-0.4, -0.2) is 55.9 Å². The second kappa shape index (κ2) is 4.56. The molecule has 18 heavy (non-hydrogen) atoms. The van der Waals surface area contributed by atoms with Crippen molar-refractivity contribution in [1.29, 1.82) is 0 Å². The Labute approximate surface area is 107 Å². The lowest BCUT2D eigenvalue weighted by molar-refractivity contribution is -0.124. The number of nitrogens with one attached hydrogen (secondary N) is 1. The monoisotopic (exact) mass is 268 g/mol. The molecule has 1 aliphatic heterocycles. The van der Waals surface area contributed by atoms with E-state index < -0.39 is 0 Å². The van der Waals surface area contributed by atoms with Gasteiger partial charge in [-0.2, -0.15) is 0 Å². The molecule has 2 fully saturated rings. The number of carbonyl (C=O) groups is 2. The van der Waals surface area contributed by atoms with Crippen LogP contribution in [0.1, 0.15) is 18.9 Å². The minimum atomic E-state index is -0.317. The Balaban J connectivity index is 1.58. The second-order valence-corrected chi connectivity index (χ2v) is 5.15. The van der Waals surface area contributed by atoms with Crippen LogP contribution in [0.25, 0.3) is 0 Å². The highest BCUT2D eigenvalue weighted by molar-refractivity contribution is 7.99. The summed E-state index contributed by atoms with van der Waals surface area (Å²) >= 11 is 1.27. The zero-order chi connectivity index (χ0) is 12.5. The van der Waals surface area contributed by atoms with Gasteiger partial charge in [-0.25, -0.2) is 9.48 Å². The molecule has 2 heterocycles.